The smallest absolute Gasteiger partial charge is 0.338 e. The minimum atomic E-state index is -0.715. The van der Waals surface area contributed by atoms with Gasteiger partial charge in [-0.05, 0) is 37.6 Å². The van der Waals surface area contributed by atoms with Crippen molar-refractivity contribution in [3.8, 4) is 0 Å². The van der Waals surface area contributed by atoms with Crippen LogP contribution in [-0.2, 0) is 14.3 Å². The number of carbonyl (C=O) groups excluding carboxylic acids is 3. The average Bonchev–Trinajstić information content (AvgIpc) is 2.68. The van der Waals surface area contributed by atoms with Crippen LogP contribution in [0, 0.1) is 5.92 Å². The number of benzene rings is 1. The lowest BCUT2D eigenvalue weighted by atomic mass is 9.93. The first-order valence-corrected chi connectivity index (χ1v) is 9.43. The van der Waals surface area contributed by atoms with Crippen LogP contribution in [0.3, 0.4) is 0 Å². The van der Waals surface area contributed by atoms with Gasteiger partial charge >= 0.3 is 12.0 Å². The maximum atomic E-state index is 12.6. The van der Waals surface area contributed by atoms with Crippen molar-refractivity contribution >= 4 is 29.5 Å². The van der Waals surface area contributed by atoms with E-state index in [1.165, 1.54) is 7.11 Å². The predicted molar refractivity (Wildman–Crippen MR) is 103 cm³/mol. The van der Waals surface area contributed by atoms with Crippen molar-refractivity contribution in [2.75, 3.05) is 26.7 Å². The number of hydrogen-bond acceptors (Lipinski definition) is 5. The Hall–Kier alpha value is -2.58. The van der Waals surface area contributed by atoms with Crippen molar-refractivity contribution in [2.45, 2.75) is 18.9 Å². The molecule has 2 aliphatic heterocycles. The highest BCUT2D eigenvalue weighted by atomic mass is 35.5. The van der Waals surface area contributed by atoms with E-state index in [9.17, 15) is 14.4 Å². The third-order valence-electron chi connectivity index (χ3n) is 5.15. The number of urea groups is 1. The van der Waals surface area contributed by atoms with E-state index in [0.29, 0.717) is 54.3 Å². The number of ether oxygens (including phenoxy) is 1. The standard InChI is InChI=1S/C19H23ClN4O4/c1-28-18(26)15-14(10-24-8-6-11(7-9-24)17(21)25)22-19(27)23-16(15)12-4-2-3-5-13(12)20/h2-5,11,16H,6-10H2,1H3,(H2,21,25)(H2,22,23,27). The molecule has 8 nitrogen and oxygen atoms in total. The highest BCUT2D eigenvalue weighted by molar-refractivity contribution is 6.31. The molecule has 0 aliphatic carbocycles. The van der Waals surface area contributed by atoms with E-state index in [-0.39, 0.29) is 11.8 Å². The average molecular weight is 407 g/mol. The summed E-state index contributed by atoms with van der Waals surface area (Å²) in [5.41, 5.74) is 6.78. The summed E-state index contributed by atoms with van der Waals surface area (Å²) in [6, 6.07) is 5.90. The number of nitrogens with zero attached hydrogens (tertiary/aromatic N) is 1. The molecule has 1 saturated heterocycles. The van der Waals surface area contributed by atoms with E-state index >= 15 is 0 Å². The number of nitrogens with one attached hydrogen (secondary N) is 2. The fourth-order valence-corrected chi connectivity index (χ4v) is 3.88. The number of primary amides is 1. The van der Waals surface area contributed by atoms with Crippen LogP contribution in [0.5, 0.6) is 0 Å². The Morgan fingerprint density at radius 2 is 1.96 bits per heavy atom. The molecule has 9 heteroatoms. The number of likely N-dealkylation sites (tertiary alicyclic amines) is 1. The molecule has 150 valence electrons. The zero-order valence-corrected chi connectivity index (χ0v) is 16.3. The molecule has 4 N–H and O–H groups in total. The summed E-state index contributed by atoms with van der Waals surface area (Å²) in [5.74, 6) is -0.966. The number of carbonyl (C=O) groups is 3. The van der Waals surface area contributed by atoms with Gasteiger partial charge in [0.25, 0.3) is 0 Å². The molecule has 3 amide bonds. The molecule has 0 bridgehead atoms. The van der Waals surface area contributed by atoms with Crippen molar-refractivity contribution < 1.29 is 19.1 Å². The summed E-state index contributed by atoms with van der Waals surface area (Å²) in [6.45, 7) is 1.64. The molecule has 0 spiro atoms. The Bertz CT molecular complexity index is 818. The zero-order chi connectivity index (χ0) is 20.3. The van der Waals surface area contributed by atoms with E-state index in [2.05, 4.69) is 15.5 Å². The van der Waals surface area contributed by atoms with Crippen LogP contribution in [0.2, 0.25) is 5.02 Å². The monoisotopic (exact) mass is 406 g/mol. The molecule has 2 heterocycles. The van der Waals surface area contributed by atoms with Gasteiger partial charge in [-0.15, -0.1) is 0 Å². The molecule has 1 atom stereocenters. The topological polar surface area (TPSA) is 114 Å². The summed E-state index contributed by atoms with van der Waals surface area (Å²) >= 11 is 6.30. The summed E-state index contributed by atoms with van der Waals surface area (Å²) < 4.78 is 4.97. The number of rotatable bonds is 5. The molecular weight excluding hydrogens is 384 g/mol. The molecule has 0 aromatic heterocycles. The van der Waals surface area contributed by atoms with Gasteiger partial charge in [-0.2, -0.15) is 0 Å². The Kier molecular flexibility index (Phi) is 6.21. The van der Waals surface area contributed by atoms with Gasteiger partial charge in [-0.1, -0.05) is 29.8 Å². The zero-order valence-electron chi connectivity index (χ0n) is 15.5. The quantitative estimate of drug-likeness (QED) is 0.638. The van der Waals surface area contributed by atoms with Gasteiger partial charge in [-0.3, -0.25) is 9.69 Å². The number of amides is 3. The van der Waals surface area contributed by atoms with E-state index in [1.54, 1.807) is 24.3 Å². The lowest BCUT2D eigenvalue weighted by molar-refractivity contribution is -0.136. The van der Waals surface area contributed by atoms with Crippen LogP contribution in [0.25, 0.3) is 0 Å². The molecule has 2 aliphatic rings. The minimum Gasteiger partial charge on any atom is -0.466 e. The first kappa shape index (κ1) is 20.2. The van der Waals surface area contributed by atoms with Crippen LogP contribution in [0.15, 0.2) is 35.5 Å². The highest BCUT2D eigenvalue weighted by Crippen LogP contribution is 2.32. The van der Waals surface area contributed by atoms with Crippen molar-refractivity contribution in [2.24, 2.45) is 11.7 Å². The van der Waals surface area contributed by atoms with Crippen molar-refractivity contribution in [3.63, 3.8) is 0 Å². The maximum Gasteiger partial charge on any atom is 0.338 e. The van der Waals surface area contributed by atoms with Crippen LogP contribution >= 0.6 is 11.6 Å². The minimum absolute atomic E-state index is 0.135. The van der Waals surface area contributed by atoms with Gasteiger partial charge in [0, 0.05) is 23.2 Å². The third kappa shape index (κ3) is 4.28. The predicted octanol–water partition coefficient (Wildman–Crippen LogP) is 1.32. The number of hydrogen-bond donors (Lipinski definition) is 3. The lowest BCUT2D eigenvalue weighted by Crippen LogP contribution is -2.49. The highest BCUT2D eigenvalue weighted by Gasteiger charge is 2.35. The van der Waals surface area contributed by atoms with Crippen molar-refractivity contribution in [3.05, 3.63) is 46.1 Å². The summed E-state index contributed by atoms with van der Waals surface area (Å²) in [5, 5.41) is 5.93. The van der Waals surface area contributed by atoms with E-state index < -0.39 is 18.0 Å². The van der Waals surface area contributed by atoms with Gasteiger partial charge < -0.3 is 21.1 Å². The van der Waals surface area contributed by atoms with Crippen LogP contribution in [-0.4, -0.2) is 49.6 Å². The largest absolute Gasteiger partial charge is 0.466 e. The third-order valence-corrected chi connectivity index (χ3v) is 5.49. The van der Waals surface area contributed by atoms with Crippen LogP contribution < -0.4 is 16.4 Å². The van der Waals surface area contributed by atoms with Gasteiger partial charge in [0.05, 0.1) is 18.7 Å². The molecular formula is C19H23ClN4O4. The number of halogens is 1. The molecule has 0 saturated carbocycles. The van der Waals surface area contributed by atoms with E-state index in [0.717, 1.165) is 0 Å². The van der Waals surface area contributed by atoms with Crippen LogP contribution in [0.4, 0.5) is 4.79 Å². The number of piperidine rings is 1. The molecule has 1 unspecified atom stereocenters. The molecule has 0 radical (unpaired) electrons. The second-order valence-electron chi connectivity index (χ2n) is 6.89. The Morgan fingerprint density at radius 3 is 2.57 bits per heavy atom. The van der Waals surface area contributed by atoms with E-state index in [4.69, 9.17) is 22.1 Å². The fraction of sp³-hybridized carbons (Fsp3) is 0.421. The van der Waals surface area contributed by atoms with E-state index in [1.807, 2.05) is 0 Å². The number of methoxy groups -OCH3 is 1. The second kappa shape index (κ2) is 8.62. The normalized spacial score (nSPS) is 21.1. The maximum absolute atomic E-state index is 12.6. The van der Waals surface area contributed by atoms with Gasteiger partial charge in [0.2, 0.25) is 5.91 Å². The number of nitrogens with two attached hydrogens (primary N) is 1. The molecule has 1 aromatic rings. The molecule has 28 heavy (non-hydrogen) atoms. The van der Waals surface area contributed by atoms with Gasteiger partial charge in [-0.25, -0.2) is 9.59 Å². The van der Waals surface area contributed by atoms with Gasteiger partial charge in [0.1, 0.15) is 0 Å². The molecule has 1 fully saturated rings. The lowest BCUT2D eigenvalue weighted by Gasteiger charge is -2.34. The Balaban J connectivity index is 1.90. The summed E-state index contributed by atoms with van der Waals surface area (Å²) in [6.07, 6.45) is 1.30. The van der Waals surface area contributed by atoms with Gasteiger partial charge in [0.15, 0.2) is 0 Å². The Morgan fingerprint density at radius 1 is 1.29 bits per heavy atom. The second-order valence-corrected chi connectivity index (χ2v) is 7.30. The molecule has 3 rings (SSSR count). The summed E-state index contributed by atoms with van der Waals surface area (Å²) in [7, 11) is 1.30. The van der Waals surface area contributed by atoms with Crippen molar-refractivity contribution in [1.29, 1.82) is 0 Å². The first-order chi connectivity index (χ1) is 13.4. The molecule has 1 aromatic carbocycles. The van der Waals surface area contributed by atoms with Crippen molar-refractivity contribution in [1.82, 2.24) is 15.5 Å². The first-order valence-electron chi connectivity index (χ1n) is 9.05. The SMILES string of the molecule is COC(=O)C1=C(CN2CCC(C(N)=O)CC2)NC(=O)NC1c1ccccc1Cl. The van der Waals surface area contributed by atoms with Crippen LogP contribution in [0.1, 0.15) is 24.4 Å². The number of esters is 1. The Labute approximate surface area is 168 Å². The summed E-state index contributed by atoms with van der Waals surface area (Å²) in [4.78, 5) is 38.3. The fourth-order valence-electron chi connectivity index (χ4n) is 3.64.